The fraction of sp³-hybridized carbons (Fsp3) is 0.316. The topological polar surface area (TPSA) is 75.9 Å². The first-order valence-corrected chi connectivity index (χ1v) is 9.50. The third kappa shape index (κ3) is 4.66. The summed E-state index contributed by atoms with van der Waals surface area (Å²) in [6.45, 7) is 4.04. The van der Waals surface area contributed by atoms with Crippen molar-refractivity contribution >= 4 is 40.5 Å². The zero-order chi connectivity index (χ0) is 20.3. The number of amides is 1. The maximum atomic E-state index is 12.7. The van der Waals surface area contributed by atoms with E-state index in [1.165, 1.54) is 12.1 Å². The number of nitro benzene ring substituents is 1. The Morgan fingerprint density at radius 1 is 1.11 bits per heavy atom. The molecule has 9 heteroatoms. The maximum Gasteiger partial charge on any atom is 0.269 e. The van der Waals surface area contributed by atoms with Crippen LogP contribution in [0.5, 0.6) is 5.75 Å². The Morgan fingerprint density at radius 2 is 1.75 bits per heavy atom. The molecular weight excluding hydrogens is 405 g/mol. The van der Waals surface area contributed by atoms with E-state index in [9.17, 15) is 14.9 Å². The molecule has 0 aromatic heterocycles. The standard InChI is InChI=1S/C19H19Cl2N3O4/c1-13(28-18-7-2-14(20)12-17(18)21)19(25)23-10-8-22(9-11-23)15-3-5-16(6-4-15)24(26)27/h2-7,12-13H,8-11H2,1H3/t13-/m1/s1. The SMILES string of the molecule is C[C@@H](Oc1ccc(Cl)cc1Cl)C(=O)N1CCN(c2ccc([N+](=O)[O-])cc2)CC1. The normalized spacial score (nSPS) is 15.2. The third-order valence-corrected chi connectivity index (χ3v) is 5.09. The number of piperazine rings is 1. The minimum Gasteiger partial charge on any atom is -0.479 e. The number of nitrogens with zero attached hydrogens (tertiary/aromatic N) is 3. The van der Waals surface area contributed by atoms with Crippen molar-refractivity contribution in [1.29, 1.82) is 0 Å². The molecule has 0 N–H and O–H groups in total. The monoisotopic (exact) mass is 423 g/mol. The van der Waals surface area contributed by atoms with Gasteiger partial charge in [-0.2, -0.15) is 0 Å². The highest BCUT2D eigenvalue weighted by molar-refractivity contribution is 6.35. The summed E-state index contributed by atoms with van der Waals surface area (Å²) >= 11 is 12.0. The van der Waals surface area contributed by atoms with Gasteiger partial charge in [0.2, 0.25) is 0 Å². The van der Waals surface area contributed by atoms with E-state index in [2.05, 4.69) is 4.90 Å². The van der Waals surface area contributed by atoms with Crippen molar-refractivity contribution < 1.29 is 14.5 Å². The average molecular weight is 424 g/mol. The molecule has 1 aliphatic heterocycles. The van der Waals surface area contributed by atoms with Crippen LogP contribution in [0.1, 0.15) is 6.92 Å². The Balaban J connectivity index is 1.56. The zero-order valence-corrected chi connectivity index (χ0v) is 16.7. The lowest BCUT2D eigenvalue weighted by Gasteiger charge is -2.37. The summed E-state index contributed by atoms with van der Waals surface area (Å²) in [6.07, 6.45) is -0.676. The lowest BCUT2D eigenvalue weighted by Crippen LogP contribution is -2.52. The van der Waals surface area contributed by atoms with Gasteiger partial charge in [0.1, 0.15) is 5.75 Å². The van der Waals surface area contributed by atoms with E-state index in [1.54, 1.807) is 42.2 Å². The van der Waals surface area contributed by atoms with Crippen molar-refractivity contribution in [3.63, 3.8) is 0 Å². The van der Waals surface area contributed by atoms with Crippen molar-refractivity contribution in [2.45, 2.75) is 13.0 Å². The van der Waals surface area contributed by atoms with Gasteiger partial charge >= 0.3 is 0 Å². The van der Waals surface area contributed by atoms with Crippen molar-refractivity contribution in [2.24, 2.45) is 0 Å². The Morgan fingerprint density at radius 3 is 2.32 bits per heavy atom. The van der Waals surface area contributed by atoms with Crippen molar-refractivity contribution in [1.82, 2.24) is 4.90 Å². The molecule has 148 valence electrons. The number of nitro groups is 1. The van der Waals surface area contributed by atoms with E-state index in [4.69, 9.17) is 27.9 Å². The van der Waals surface area contributed by atoms with Crippen molar-refractivity contribution in [3.8, 4) is 5.75 Å². The van der Waals surface area contributed by atoms with Gasteiger partial charge in [-0.05, 0) is 37.3 Å². The number of non-ortho nitro benzene ring substituents is 1. The molecule has 1 aliphatic rings. The van der Waals surface area contributed by atoms with Crippen LogP contribution >= 0.6 is 23.2 Å². The molecule has 1 amide bonds. The summed E-state index contributed by atoms with van der Waals surface area (Å²) in [5.41, 5.74) is 0.958. The van der Waals surface area contributed by atoms with E-state index in [0.717, 1.165) is 5.69 Å². The van der Waals surface area contributed by atoms with Gasteiger partial charge in [0.15, 0.2) is 6.10 Å². The lowest BCUT2D eigenvalue weighted by atomic mass is 10.2. The Labute approximate surface area is 172 Å². The van der Waals surface area contributed by atoms with Crippen LogP contribution in [0.25, 0.3) is 0 Å². The summed E-state index contributed by atoms with van der Waals surface area (Å²) < 4.78 is 5.70. The van der Waals surface area contributed by atoms with Gasteiger partial charge in [-0.15, -0.1) is 0 Å². The Hall–Kier alpha value is -2.51. The summed E-state index contributed by atoms with van der Waals surface area (Å²) in [5.74, 6) is 0.297. The molecule has 28 heavy (non-hydrogen) atoms. The zero-order valence-electron chi connectivity index (χ0n) is 15.2. The molecule has 0 spiro atoms. The van der Waals surface area contributed by atoms with E-state index in [1.807, 2.05) is 0 Å². The third-order valence-electron chi connectivity index (χ3n) is 4.56. The van der Waals surface area contributed by atoms with Crippen LogP contribution in [0, 0.1) is 10.1 Å². The number of hydrogen-bond donors (Lipinski definition) is 0. The highest BCUT2D eigenvalue weighted by Crippen LogP contribution is 2.28. The summed E-state index contributed by atoms with van der Waals surface area (Å²) in [6, 6.07) is 11.3. The van der Waals surface area contributed by atoms with Crippen LogP contribution < -0.4 is 9.64 Å². The fourth-order valence-corrected chi connectivity index (χ4v) is 3.49. The van der Waals surface area contributed by atoms with Gasteiger partial charge < -0.3 is 14.5 Å². The highest BCUT2D eigenvalue weighted by Gasteiger charge is 2.26. The molecule has 0 radical (unpaired) electrons. The number of carbonyl (C=O) groups is 1. The molecular formula is C19H19Cl2N3O4. The molecule has 0 saturated carbocycles. The molecule has 1 fully saturated rings. The number of benzene rings is 2. The van der Waals surface area contributed by atoms with Gasteiger partial charge in [-0.1, -0.05) is 23.2 Å². The molecule has 7 nitrogen and oxygen atoms in total. The summed E-state index contributed by atoms with van der Waals surface area (Å²) in [4.78, 5) is 26.9. The number of rotatable bonds is 5. The molecule has 1 saturated heterocycles. The van der Waals surface area contributed by atoms with E-state index in [0.29, 0.717) is 42.0 Å². The predicted molar refractivity (Wildman–Crippen MR) is 108 cm³/mol. The largest absolute Gasteiger partial charge is 0.479 e. The summed E-state index contributed by atoms with van der Waals surface area (Å²) in [7, 11) is 0. The minimum atomic E-state index is -0.676. The Bertz CT molecular complexity index is 868. The van der Waals surface area contributed by atoms with Crippen molar-refractivity contribution in [2.75, 3.05) is 31.1 Å². The first kappa shape index (κ1) is 20.2. The first-order valence-electron chi connectivity index (χ1n) is 8.75. The van der Waals surface area contributed by atoms with Crippen LogP contribution in [0.3, 0.4) is 0 Å². The second-order valence-corrected chi connectivity index (χ2v) is 7.26. The minimum absolute atomic E-state index is 0.0596. The summed E-state index contributed by atoms with van der Waals surface area (Å²) in [5, 5.41) is 11.6. The molecule has 1 heterocycles. The quantitative estimate of drug-likeness (QED) is 0.536. The molecule has 1 atom stereocenters. The van der Waals surface area contributed by atoms with Crippen LogP contribution in [0.2, 0.25) is 10.0 Å². The van der Waals surface area contributed by atoms with Gasteiger partial charge in [-0.3, -0.25) is 14.9 Å². The number of ether oxygens (including phenoxy) is 1. The molecule has 3 rings (SSSR count). The van der Waals surface area contributed by atoms with Gasteiger partial charge in [0.05, 0.1) is 9.95 Å². The maximum absolute atomic E-state index is 12.7. The van der Waals surface area contributed by atoms with Crippen LogP contribution in [-0.2, 0) is 4.79 Å². The lowest BCUT2D eigenvalue weighted by molar-refractivity contribution is -0.384. The average Bonchev–Trinajstić information content (AvgIpc) is 2.69. The van der Waals surface area contributed by atoms with Gasteiger partial charge in [-0.25, -0.2) is 0 Å². The number of hydrogen-bond acceptors (Lipinski definition) is 5. The highest BCUT2D eigenvalue weighted by atomic mass is 35.5. The van der Waals surface area contributed by atoms with Gasteiger partial charge in [0.25, 0.3) is 11.6 Å². The number of halogens is 2. The van der Waals surface area contributed by atoms with Crippen LogP contribution in [-0.4, -0.2) is 48.0 Å². The second kappa shape index (κ2) is 8.67. The molecule has 0 unspecified atom stereocenters. The molecule has 2 aromatic carbocycles. The smallest absolute Gasteiger partial charge is 0.269 e. The van der Waals surface area contributed by atoms with E-state index < -0.39 is 11.0 Å². The second-order valence-electron chi connectivity index (χ2n) is 6.42. The van der Waals surface area contributed by atoms with Gasteiger partial charge in [0, 0.05) is 49.0 Å². The van der Waals surface area contributed by atoms with E-state index in [-0.39, 0.29) is 11.6 Å². The fourth-order valence-electron chi connectivity index (χ4n) is 3.04. The number of anilines is 1. The Kier molecular flexibility index (Phi) is 6.26. The van der Waals surface area contributed by atoms with Crippen LogP contribution in [0.15, 0.2) is 42.5 Å². The molecule has 2 aromatic rings. The molecule has 0 bridgehead atoms. The van der Waals surface area contributed by atoms with Crippen LogP contribution in [0.4, 0.5) is 11.4 Å². The molecule has 0 aliphatic carbocycles. The van der Waals surface area contributed by atoms with Crippen molar-refractivity contribution in [3.05, 3.63) is 62.6 Å². The predicted octanol–water partition coefficient (Wildman–Crippen LogP) is 4.02. The number of carbonyl (C=O) groups excluding carboxylic acids is 1. The van der Waals surface area contributed by atoms with E-state index >= 15 is 0 Å². The first-order chi connectivity index (χ1) is 13.3.